The maximum atomic E-state index is 12.0. The molecule has 0 aliphatic rings. The van der Waals surface area contributed by atoms with Crippen molar-refractivity contribution in [2.24, 2.45) is 9.98 Å². The Balaban J connectivity index is 2.34. The van der Waals surface area contributed by atoms with Crippen molar-refractivity contribution in [3.05, 3.63) is 102 Å². The maximum absolute atomic E-state index is 12.0. The highest BCUT2D eigenvalue weighted by Gasteiger charge is 2.26. The van der Waals surface area contributed by atoms with E-state index in [1.54, 1.807) is 46.5 Å². The van der Waals surface area contributed by atoms with Crippen LogP contribution in [0.15, 0.2) is 70.2 Å². The Bertz CT molecular complexity index is 1160. The van der Waals surface area contributed by atoms with Crippen molar-refractivity contribution >= 4 is 34.9 Å². The van der Waals surface area contributed by atoms with E-state index in [-0.39, 0.29) is 29.5 Å². The van der Waals surface area contributed by atoms with E-state index < -0.39 is 9.85 Å². The van der Waals surface area contributed by atoms with Crippen molar-refractivity contribution in [1.82, 2.24) is 19.8 Å². The molecular formula is C25H30Cl2N8O4. The van der Waals surface area contributed by atoms with Crippen LogP contribution in [0.3, 0.4) is 0 Å². The molecule has 0 radical (unpaired) electrons. The van der Waals surface area contributed by atoms with Crippen molar-refractivity contribution in [2.45, 2.75) is 33.4 Å². The zero-order chi connectivity index (χ0) is 28.9. The molecule has 39 heavy (non-hydrogen) atoms. The number of rotatable bonds is 12. The number of aromatic nitrogens is 2. The number of nitro groups is 2. The van der Waals surface area contributed by atoms with Gasteiger partial charge in [-0.05, 0) is 43.5 Å². The van der Waals surface area contributed by atoms with E-state index >= 15 is 0 Å². The van der Waals surface area contributed by atoms with E-state index in [4.69, 9.17) is 23.2 Å². The normalized spacial score (nSPS) is 12.9. The summed E-state index contributed by atoms with van der Waals surface area (Å²) < 4.78 is 0. The predicted molar refractivity (Wildman–Crippen MR) is 152 cm³/mol. The average Bonchev–Trinajstić information content (AvgIpc) is 2.92. The molecule has 12 nitrogen and oxygen atoms in total. The van der Waals surface area contributed by atoms with Gasteiger partial charge in [0, 0.05) is 64.8 Å². The van der Waals surface area contributed by atoms with E-state index in [2.05, 4.69) is 20.0 Å². The second kappa shape index (κ2) is 15.5. The molecule has 2 aromatic heterocycles. The monoisotopic (exact) mass is 576 g/mol. The smallest absolute Gasteiger partial charge is 0.307 e. The molecule has 0 saturated heterocycles. The summed E-state index contributed by atoms with van der Waals surface area (Å²) in [5.74, 6) is 0.284. The zero-order valence-corrected chi connectivity index (χ0v) is 23.6. The van der Waals surface area contributed by atoms with Crippen molar-refractivity contribution in [2.75, 3.05) is 27.2 Å². The third-order valence-corrected chi connectivity index (χ3v) is 6.03. The van der Waals surface area contributed by atoms with Crippen LogP contribution in [0.25, 0.3) is 0 Å². The molecule has 0 spiro atoms. The van der Waals surface area contributed by atoms with E-state index in [9.17, 15) is 20.2 Å². The van der Waals surface area contributed by atoms with Crippen LogP contribution >= 0.6 is 23.2 Å². The fraction of sp³-hybridized carbons (Fsp3) is 0.360. The summed E-state index contributed by atoms with van der Waals surface area (Å²) in [7, 11) is 2.92. The van der Waals surface area contributed by atoms with E-state index in [0.29, 0.717) is 36.5 Å². The van der Waals surface area contributed by atoms with Crippen LogP contribution in [0.2, 0.25) is 10.3 Å². The molecule has 0 atom stereocenters. The van der Waals surface area contributed by atoms with Crippen LogP contribution in [-0.2, 0) is 13.1 Å². The number of hydrogen-bond donors (Lipinski definition) is 0. The zero-order valence-electron chi connectivity index (χ0n) is 22.1. The lowest BCUT2D eigenvalue weighted by atomic mass is 10.2. The molecule has 0 aromatic carbocycles. The van der Waals surface area contributed by atoms with Gasteiger partial charge in [0.05, 0.1) is 9.85 Å². The molecule has 0 saturated carbocycles. The number of hydrogen-bond acceptors (Lipinski definition) is 8. The Hall–Kier alpha value is -3.90. The molecule has 0 amide bonds. The topological polar surface area (TPSA) is 143 Å². The standard InChI is InChI=1S/C25H30Cl2N8O4/c1-5-32(16-18-10-12-22(26)30-14-18)24(28-3)20(34(36)37)8-7-9-21(35(38)39)25(29-4)33(6-2)17-19-11-13-23(27)31-15-19/h8-15H,5-7,16-17H2,1-4H3/b20-8+,21-9+,28-24?,29-25?. The number of halogens is 2. The van der Waals surface area contributed by atoms with Gasteiger partial charge in [0.2, 0.25) is 11.7 Å². The molecule has 2 heterocycles. The van der Waals surface area contributed by atoms with Crippen LogP contribution < -0.4 is 0 Å². The lowest BCUT2D eigenvalue weighted by Crippen LogP contribution is -2.34. The average molecular weight is 577 g/mol. The molecule has 0 bridgehead atoms. The number of pyridine rings is 2. The van der Waals surface area contributed by atoms with Crippen molar-refractivity contribution in [1.29, 1.82) is 0 Å². The predicted octanol–water partition coefficient (Wildman–Crippen LogP) is 4.90. The SMILES string of the molecule is CCN(Cc1ccc(Cl)nc1)C(=NC)/C(=C\C/C=C(\C(=NC)N(CC)Cc1ccc(Cl)nc1)[N+](=O)[O-])[N+](=O)[O-]. The molecule has 0 aliphatic heterocycles. The molecule has 0 N–H and O–H groups in total. The van der Waals surface area contributed by atoms with E-state index in [0.717, 1.165) is 11.1 Å². The van der Waals surface area contributed by atoms with Gasteiger partial charge in [-0.15, -0.1) is 0 Å². The lowest BCUT2D eigenvalue weighted by molar-refractivity contribution is -0.417. The van der Waals surface area contributed by atoms with Gasteiger partial charge in [-0.1, -0.05) is 35.3 Å². The van der Waals surface area contributed by atoms with Crippen LogP contribution in [0.5, 0.6) is 0 Å². The molecule has 0 aliphatic carbocycles. The summed E-state index contributed by atoms with van der Waals surface area (Å²) in [6.07, 6.45) is 5.70. The van der Waals surface area contributed by atoms with Gasteiger partial charge < -0.3 is 9.80 Å². The summed E-state index contributed by atoms with van der Waals surface area (Å²) in [4.78, 5) is 42.7. The van der Waals surface area contributed by atoms with Crippen molar-refractivity contribution in [3.8, 4) is 0 Å². The first-order valence-electron chi connectivity index (χ1n) is 12.0. The summed E-state index contributed by atoms with van der Waals surface area (Å²) in [5, 5.41) is 24.7. The van der Waals surface area contributed by atoms with Crippen molar-refractivity contribution in [3.63, 3.8) is 0 Å². The molecule has 14 heteroatoms. The Morgan fingerprint density at radius 2 is 1.21 bits per heavy atom. The van der Waals surface area contributed by atoms with Gasteiger partial charge in [-0.25, -0.2) is 9.97 Å². The number of nitrogens with zero attached hydrogens (tertiary/aromatic N) is 8. The minimum absolute atomic E-state index is 0.0925. The second-order valence-corrected chi connectivity index (χ2v) is 8.80. The number of likely N-dealkylation sites (N-methyl/N-ethyl adjacent to an activating group) is 2. The Morgan fingerprint density at radius 1 is 0.821 bits per heavy atom. The highest BCUT2D eigenvalue weighted by molar-refractivity contribution is 6.29. The minimum atomic E-state index is -0.550. The largest absolute Gasteiger partial charge is 0.347 e. The molecule has 208 valence electrons. The van der Waals surface area contributed by atoms with Gasteiger partial charge in [-0.3, -0.25) is 30.2 Å². The maximum Gasteiger partial charge on any atom is 0.307 e. The molecule has 0 fully saturated rings. The van der Waals surface area contributed by atoms with E-state index in [1.807, 2.05) is 13.8 Å². The molecule has 0 unspecified atom stereocenters. The van der Waals surface area contributed by atoms with Crippen LogP contribution in [0.1, 0.15) is 31.4 Å². The van der Waals surface area contributed by atoms with Gasteiger partial charge in [0.25, 0.3) is 0 Å². The number of allylic oxidation sites excluding steroid dienone is 2. The summed E-state index contributed by atoms with van der Waals surface area (Å²) in [5.41, 5.74) is 1.05. The Labute approximate surface area is 236 Å². The second-order valence-electron chi connectivity index (χ2n) is 8.03. The summed E-state index contributed by atoms with van der Waals surface area (Å²) in [6.45, 7) is 5.16. The summed E-state index contributed by atoms with van der Waals surface area (Å²) in [6, 6.07) is 6.82. The third kappa shape index (κ3) is 9.11. The fourth-order valence-corrected chi connectivity index (χ4v) is 3.95. The van der Waals surface area contributed by atoms with Crippen molar-refractivity contribution < 1.29 is 9.85 Å². The highest BCUT2D eigenvalue weighted by Crippen LogP contribution is 2.16. The molecule has 2 rings (SSSR count). The Morgan fingerprint density at radius 3 is 1.46 bits per heavy atom. The fourth-order valence-electron chi connectivity index (χ4n) is 3.73. The number of amidine groups is 2. The first-order chi connectivity index (χ1) is 18.6. The Kier molecular flexibility index (Phi) is 12.4. The van der Waals surface area contributed by atoms with E-state index in [1.165, 1.54) is 26.2 Å². The highest BCUT2D eigenvalue weighted by atomic mass is 35.5. The summed E-state index contributed by atoms with van der Waals surface area (Å²) >= 11 is 11.7. The quantitative estimate of drug-likeness (QED) is 0.114. The van der Waals surface area contributed by atoms with Crippen LogP contribution in [-0.4, -0.2) is 68.5 Å². The first kappa shape index (κ1) is 31.3. The van der Waals surface area contributed by atoms with Gasteiger partial charge in [0.1, 0.15) is 10.3 Å². The van der Waals surface area contributed by atoms with Gasteiger partial charge in [-0.2, -0.15) is 0 Å². The minimum Gasteiger partial charge on any atom is -0.347 e. The third-order valence-electron chi connectivity index (χ3n) is 5.58. The molecule has 2 aromatic rings. The number of aliphatic imine (C=N–C) groups is 2. The van der Waals surface area contributed by atoms with Gasteiger partial charge in [0.15, 0.2) is 0 Å². The lowest BCUT2D eigenvalue weighted by Gasteiger charge is -2.23. The van der Waals surface area contributed by atoms with Crippen LogP contribution in [0.4, 0.5) is 0 Å². The first-order valence-corrected chi connectivity index (χ1v) is 12.7. The van der Waals surface area contributed by atoms with Gasteiger partial charge >= 0.3 is 11.4 Å². The van der Waals surface area contributed by atoms with Crippen LogP contribution in [0, 0.1) is 20.2 Å². The molecular weight excluding hydrogens is 547 g/mol.